The molecule has 9 heavy (non-hydrogen) atoms. The van der Waals surface area contributed by atoms with Gasteiger partial charge in [-0.2, -0.15) is 5.10 Å². The van der Waals surface area contributed by atoms with Gasteiger partial charge in [-0.05, 0) is 5.56 Å². The van der Waals surface area contributed by atoms with Crippen molar-refractivity contribution in [3.05, 3.63) is 18.0 Å². The molecule has 0 aliphatic heterocycles. The maximum absolute atomic E-state index is 9.91. The molecule has 48 valence electrons. The van der Waals surface area contributed by atoms with Crippen molar-refractivity contribution in [1.82, 2.24) is 10.2 Å². The van der Waals surface area contributed by atoms with E-state index in [1.165, 1.54) is 12.4 Å². The van der Waals surface area contributed by atoms with E-state index >= 15 is 0 Å². The monoisotopic (exact) mass is 125 g/mol. The quantitative estimate of drug-likeness (QED) is 0.534. The fourth-order valence-electron chi connectivity index (χ4n) is 0.541. The molecule has 0 amide bonds. The van der Waals surface area contributed by atoms with E-state index in [1.54, 1.807) is 0 Å². The zero-order valence-corrected chi connectivity index (χ0v) is 4.63. The van der Waals surface area contributed by atoms with Gasteiger partial charge >= 0.3 is 0 Å². The number of rotatable bonds is 2. The number of carboxylic acid groups (broad SMARTS) is 1. The summed E-state index contributed by atoms with van der Waals surface area (Å²) in [6, 6.07) is 0. The second kappa shape index (κ2) is 2.30. The Hall–Kier alpha value is -1.32. The molecule has 4 nitrogen and oxygen atoms in total. The normalized spacial score (nSPS) is 9.33. The van der Waals surface area contributed by atoms with E-state index < -0.39 is 5.97 Å². The van der Waals surface area contributed by atoms with Crippen LogP contribution in [-0.4, -0.2) is 16.2 Å². The van der Waals surface area contributed by atoms with Crippen LogP contribution in [0.15, 0.2) is 12.4 Å². The van der Waals surface area contributed by atoms with Gasteiger partial charge in [-0.3, -0.25) is 5.10 Å². The number of carboxylic acids is 1. The van der Waals surface area contributed by atoms with E-state index in [2.05, 4.69) is 10.2 Å². The van der Waals surface area contributed by atoms with Gasteiger partial charge < -0.3 is 9.90 Å². The van der Waals surface area contributed by atoms with Gasteiger partial charge in [0.1, 0.15) is 0 Å². The molecule has 0 aliphatic rings. The van der Waals surface area contributed by atoms with Gasteiger partial charge in [0.05, 0.1) is 6.20 Å². The molecule has 0 spiro atoms. The van der Waals surface area contributed by atoms with Crippen LogP contribution in [-0.2, 0) is 11.2 Å². The van der Waals surface area contributed by atoms with Gasteiger partial charge in [0.2, 0.25) is 0 Å². The summed E-state index contributed by atoms with van der Waals surface area (Å²) >= 11 is 0. The molecule has 1 aromatic rings. The van der Waals surface area contributed by atoms with Crippen molar-refractivity contribution in [2.45, 2.75) is 6.42 Å². The molecule has 1 N–H and O–H groups in total. The number of hydrogen-bond donors (Lipinski definition) is 1. The first-order chi connectivity index (χ1) is 4.29. The van der Waals surface area contributed by atoms with Gasteiger partial charge in [-0.1, -0.05) is 0 Å². The molecular weight excluding hydrogens is 120 g/mol. The van der Waals surface area contributed by atoms with Gasteiger partial charge in [0, 0.05) is 18.6 Å². The van der Waals surface area contributed by atoms with Crippen LogP contribution in [0, 0.1) is 0 Å². The number of carbonyl (C=O) groups excluding carboxylic acids is 1. The van der Waals surface area contributed by atoms with Crippen molar-refractivity contribution >= 4 is 5.97 Å². The first-order valence-electron chi connectivity index (χ1n) is 2.46. The highest BCUT2D eigenvalue weighted by Crippen LogP contribution is 1.92. The molecule has 0 unspecified atom stereocenters. The third-order valence-corrected chi connectivity index (χ3v) is 0.903. The Kier molecular flexibility index (Phi) is 1.48. The predicted octanol–water partition coefficient (Wildman–Crippen LogP) is -1.30. The zero-order valence-electron chi connectivity index (χ0n) is 4.63. The second-order valence-corrected chi connectivity index (χ2v) is 1.66. The number of aliphatic carboxylic acids is 1. The lowest BCUT2D eigenvalue weighted by atomic mass is 10.3. The summed E-state index contributed by atoms with van der Waals surface area (Å²) in [5.41, 5.74) is 0.634. The minimum Gasteiger partial charge on any atom is -0.550 e. The van der Waals surface area contributed by atoms with Crippen molar-refractivity contribution in [2.24, 2.45) is 0 Å². The van der Waals surface area contributed by atoms with Crippen molar-refractivity contribution in [3.63, 3.8) is 0 Å². The molecule has 0 aliphatic carbocycles. The molecule has 0 saturated heterocycles. The highest BCUT2D eigenvalue weighted by molar-refractivity contribution is 5.67. The van der Waals surface area contributed by atoms with Gasteiger partial charge in [-0.25, -0.2) is 0 Å². The molecular formula is C5H5N2O2-. The Morgan fingerprint density at radius 1 is 1.89 bits per heavy atom. The number of hydrogen-bond acceptors (Lipinski definition) is 3. The Bertz CT molecular complexity index is 193. The Morgan fingerprint density at radius 2 is 2.67 bits per heavy atom. The van der Waals surface area contributed by atoms with E-state index in [0.29, 0.717) is 5.56 Å². The highest BCUT2D eigenvalue weighted by atomic mass is 16.4. The summed E-state index contributed by atoms with van der Waals surface area (Å²) in [5.74, 6) is -1.09. The fourth-order valence-corrected chi connectivity index (χ4v) is 0.541. The number of nitrogens with one attached hydrogen (secondary N) is 1. The number of carbonyl (C=O) groups is 1. The maximum atomic E-state index is 9.91. The Morgan fingerprint density at radius 3 is 3.11 bits per heavy atom. The molecule has 0 aromatic carbocycles. The number of nitrogens with zero attached hydrogens (tertiary/aromatic N) is 1. The maximum Gasteiger partial charge on any atom is 0.0523 e. The van der Waals surface area contributed by atoms with Crippen LogP contribution >= 0.6 is 0 Å². The number of H-pyrrole nitrogens is 1. The van der Waals surface area contributed by atoms with Crippen LogP contribution in [0.2, 0.25) is 0 Å². The van der Waals surface area contributed by atoms with Crippen molar-refractivity contribution < 1.29 is 9.90 Å². The molecule has 4 heteroatoms. The summed E-state index contributed by atoms with van der Waals surface area (Å²) in [4.78, 5) is 9.91. The minimum absolute atomic E-state index is 0.0729. The van der Waals surface area contributed by atoms with E-state index in [-0.39, 0.29) is 6.42 Å². The van der Waals surface area contributed by atoms with Crippen LogP contribution in [0.3, 0.4) is 0 Å². The third-order valence-electron chi connectivity index (χ3n) is 0.903. The zero-order chi connectivity index (χ0) is 6.69. The summed E-state index contributed by atoms with van der Waals surface area (Å²) in [6.45, 7) is 0. The smallest absolute Gasteiger partial charge is 0.0523 e. The van der Waals surface area contributed by atoms with Crippen LogP contribution in [0.1, 0.15) is 5.56 Å². The molecule has 1 heterocycles. The van der Waals surface area contributed by atoms with Crippen LogP contribution < -0.4 is 5.11 Å². The second-order valence-electron chi connectivity index (χ2n) is 1.66. The average Bonchev–Trinajstić information content (AvgIpc) is 2.15. The van der Waals surface area contributed by atoms with Gasteiger partial charge in [-0.15, -0.1) is 0 Å². The SMILES string of the molecule is O=C([O-])Cc1cn[nH]c1. The van der Waals surface area contributed by atoms with Gasteiger partial charge in [0.25, 0.3) is 0 Å². The molecule has 0 bridgehead atoms. The number of aromatic nitrogens is 2. The third kappa shape index (κ3) is 1.56. The largest absolute Gasteiger partial charge is 0.550 e. The predicted molar refractivity (Wildman–Crippen MR) is 27.3 cm³/mol. The minimum atomic E-state index is -1.09. The molecule has 0 fully saturated rings. The Balaban J connectivity index is 2.58. The summed E-state index contributed by atoms with van der Waals surface area (Å²) in [7, 11) is 0. The lowest BCUT2D eigenvalue weighted by Gasteiger charge is -1.94. The molecule has 0 radical (unpaired) electrons. The number of aromatic amines is 1. The van der Waals surface area contributed by atoms with Crippen LogP contribution in [0.5, 0.6) is 0 Å². The summed E-state index contributed by atoms with van der Waals surface area (Å²) in [5, 5.41) is 16.0. The van der Waals surface area contributed by atoms with E-state index in [0.717, 1.165) is 0 Å². The van der Waals surface area contributed by atoms with Crippen LogP contribution in [0.4, 0.5) is 0 Å². The summed E-state index contributed by atoms with van der Waals surface area (Å²) < 4.78 is 0. The van der Waals surface area contributed by atoms with Gasteiger partial charge in [0.15, 0.2) is 0 Å². The average molecular weight is 125 g/mol. The lowest BCUT2D eigenvalue weighted by molar-refractivity contribution is -0.304. The van der Waals surface area contributed by atoms with Crippen molar-refractivity contribution in [1.29, 1.82) is 0 Å². The summed E-state index contributed by atoms with van der Waals surface area (Å²) in [6.07, 6.45) is 2.90. The first kappa shape index (κ1) is 5.81. The standard InChI is InChI=1S/C5H6N2O2/c8-5(9)1-4-2-6-7-3-4/h2-3H,1H2,(H,6,7)(H,8,9)/p-1. The topological polar surface area (TPSA) is 68.8 Å². The Labute approximate surface area is 51.5 Å². The lowest BCUT2D eigenvalue weighted by Crippen LogP contribution is -2.24. The van der Waals surface area contributed by atoms with E-state index in [1.807, 2.05) is 0 Å². The fraction of sp³-hybridized carbons (Fsp3) is 0.200. The van der Waals surface area contributed by atoms with E-state index in [9.17, 15) is 9.90 Å². The molecule has 0 saturated carbocycles. The van der Waals surface area contributed by atoms with Crippen molar-refractivity contribution in [2.75, 3.05) is 0 Å². The molecule has 1 rings (SSSR count). The molecule has 0 atom stereocenters. The van der Waals surface area contributed by atoms with E-state index in [4.69, 9.17) is 0 Å². The van der Waals surface area contributed by atoms with Crippen LogP contribution in [0.25, 0.3) is 0 Å². The first-order valence-corrected chi connectivity index (χ1v) is 2.46. The highest BCUT2D eigenvalue weighted by Gasteiger charge is 1.91. The molecule has 1 aromatic heterocycles. The van der Waals surface area contributed by atoms with Crippen molar-refractivity contribution in [3.8, 4) is 0 Å².